The summed E-state index contributed by atoms with van der Waals surface area (Å²) in [7, 11) is 0. The van der Waals surface area contributed by atoms with E-state index in [0.29, 0.717) is 11.3 Å². The average molecular weight is 841 g/mol. The molecule has 3 rings (SSSR count). The number of para-hydroxylation sites is 1. The largest absolute Gasteiger partial charge is 0.480 e. The number of hydrogen-bond donors (Lipinski definition) is 11. The molecule has 0 aliphatic rings. The standard InChI is InChI=1S/C40H56N8O10S/c1-22(2)16-30(46-36(53)29(14-15-59-4)44-35(52)27(41)18-25-19-42-28-13-9-8-12-26(25)28)37(54)47-32(20-49)39(56)43-23(3)34(51)45-31(17-24-10-6-5-7-11-24)38(55)48-33(21-50)40(57)58/h5-13,19,22-23,27,29-33,42,49-50H,14-18,20-21,41H2,1-4H3,(H,43,56)(H,44,52)(H,45,51)(H,46,53)(H,47,54)(H,48,55)(H,57,58)/t23-,27-,29-,30-,31-,32-,33-/m0/s1. The molecule has 3 aromatic rings. The molecule has 2 aromatic carbocycles. The molecule has 0 aliphatic carbocycles. The van der Waals surface area contributed by atoms with Crippen molar-refractivity contribution in [2.24, 2.45) is 11.7 Å². The van der Waals surface area contributed by atoms with Crippen LogP contribution in [0.1, 0.15) is 44.7 Å². The third-order valence-corrected chi connectivity index (χ3v) is 9.96. The first kappa shape index (κ1) is 47.9. The van der Waals surface area contributed by atoms with Crippen LogP contribution in [0.2, 0.25) is 0 Å². The number of carboxylic acid groups (broad SMARTS) is 1. The average Bonchev–Trinajstić information content (AvgIpc) is 3.61. The summed E-state index contributed by atoms with van der Waals surface area (Å²) in [5, 5.41) is 44.6. The minimum Gasteiger partial charge on any atom is -0.480 e. The van der Waals surface area contributed by atoms with Crippen molar-refractivity contribution >= 4 is 64.1 Å². The highest BCUT2D eigenvalue weighted by molar-refractivity contribution is 7.98. The highest BCUT2D eigenvalue weighted by Gasteiger charge is 2.33. The van der Waals surface area contributed by atoms with Crippen LogP contribution in [0.15, 0.2) is 60.8 Å². The Kier molecular flexibility index (Phi) is 19.3. The zero-order valence-corrected chi connectivity index (χ0v) is 34.3. The maximum absolute atomic E-state index is 13.7. The summed E-state index contributed by atoms with van der Waals surface area (Å²) in [5.74, 6) is -5.82. The Morgan fingerprint density at radius 3 is 1.83 bits per heavy atom. The van der Waals surface area contributed by atoms with Crippen LogP contribution in [0, 0.1) is 5.92 Å². The minimum absolute atomic E-state index is 0.0608. The van der Waals surface area contributed by atoms with E-state index in [0.717, 1.165) is 16.5 Å². The number of aromatic nitrogens is 1. The Hall–Kier alpha value is -5.50. The van der Waals surface area contributed by atoms with Crippen molar-refractivity contribution in [3.05, 3.63) is 71.9 Å². The molecule has 1 heterocycles. The first-order valence-corrected chi connectivity index (χ1v) is 20.6. The molecule has 322 valence electrons. The Morgan fingerprint density at radius 2 is 1.20 bits per heavy atom. The quantitative estimate of drug-likeness (QED) is 0.0522. The fourth-order valence-electron chi connectivity index (χ4n) is 6.05. The number of aliphatic hydroxyl groups excluding tert-OH is 2. The summed E-state index contributed by atoms with van der Waals surface area (Å²) in [6.07, 6.45) is 4.13. The van der Waals surface area contributed by atoms with Gasteiger partial charge in [0.2, 0.25) is 35.4 Å². The second kappa shape index (κ2) is 23.8. The molecular weight excluding hydrogens is 785 g/mol. The lowest BCUT2D eigenvalue weighted by Gasteiger charge is -2.27. The third-order valence-electron chi connectivity index (χ3n) is 9.32. The number of nitrogens with one attached hydrogen (secondary N) is 7. The van der Waals surface area contributed by atoms with Gasteiger partial charge in [-0.25, -0.2) is 4.79 Å². The highest BCUT2D eigenvalue weighted by Crippen LogP contribution is 2.19. The van der Waals surface area contributed by atoms with Gasteiger partial charge < -0.3 is 57.9 Å². The summed E-state index contributed by atoms with van der Waals surface area (Å²) < 4.78 is 0. The van der Waals surface area contributed by atoms with E-state index in [1.165, 1.54) is 18.7 Å². The molecule has 0 aliphatic heterocycles. The molecule has 6 amide bonds. The normalized spacial score (nSPS) is 14.8. The Balaban J connectivity index is 1.66. The minimum atomic E-state index is -1.63. The number of hydrogen-bond acceptors (Lipinski definition) is 11. The SMILES string of the molecule is CSCC[C@H](NC(=O)[C@@H](N)Cc1c[nH]c2ccccc12)C(=O)N[C@@H](CC(C)C)C(=O)N[C@@H](CO)C(=O)N[C@@H](C)C(=O)N[C@@H](Cc1ccccc1)C(=O)N[C@@H](CO)C(=O)O. The molecule has 19 heteroatoms. The molecular formula is C40H56N8O10S. The molecule has 7 atom stereocenters. The van der Waals surface area contributed by atoms with Crippen molar-refractivity contribution in [2.75, 3.05) is 25.2 Å². The van der Waals surface area contributed by atoms with Crippen molar-refractivity contribution in [1.29, 1.82) is 0 Å². The molecule has 18 nitrogen and oxygen atoms in total. The number of benzene rings is 2. The molecule has 12 N–H and O–H groups in total. The predicted octanol–water partition coefficient (Wildman–Crippen LogP) is -0.922. The van der Waals surface area contributed by atoms with Gasteiger partial charge in [-0.3, -0.25) is 28.8 Å². The number of nitrogens with two attached hydrogens (primary N) is 1. The first-order chi connectivity index (χ1) is 28.1. The number of carboxylic acids is 1. The molecule has 1 aromatic heterocycles. The number of aliphatic hydroxyl groups is 2. The van der Waals surface area contributed by atoms with Gasteiger partial charge in [-0.2, -0.15) is 11.8 Å². The topological polar surface area (TPSA) is 294 Å². The maximum Gasteiger partial charge on any atom is 0.328 e. The number of carbonyl (C=O) groups excluding carboxylic acids is 6. The molecule has 0 radical (unpaired) electrons. The molecule has 0 bridgehead atoms. The molecule has 0 spiro atoms. The first-order valence-electron chi connectivity index (χ1n) is 19.2. The number of H-pyrrole nitrogens is 1. The van der Waals surface area contributed by atoms with Crippen LogP contribution in [0.4, 0.5) is 0 Å². The number of aliphatic carboxylic acids is 1. The third kappa shape index (κ3) is 15.0. The van der Waals surface area contributed by atoms with Gasteiger partial charge in [-0.1, -0.05) is 62.4 Å². The summed E-state index contributed by atoms with van der Waals surface area (Å²) >= 11 is 1.46. The molecule has 0 fully saturated rings. The van der Waals surface area contributed by atoms with Crippen molar-refractivity contribution in [3.63, 3.8) is 0 Å². The summed E-state index contributed by atoms with van der Waals surface area (Å²) in [5.41, 5.74) is 8.64. The van der Waals surface area contributed by atoms with E-state index in [4.69, 9.17) is 5.73 Å². The molecule has 0 unspecified atom stereocenters. The monoisotopic (exact) mass is 840 g/mol. The van der Waals surface area contributed by atoms with E-state index in [1.54, 1.807) is 36.5 Å². The lowest BCUT2D eigenvalue weighted by atomic mass is 10.0. The Morgan fingerprint density at radius 1 is 0.661 bits per heavy atom. The van der Waals surface area contributed by atoms with Gasteiger partial charge in [0, 0.05) is 23.5 Å². The fraction of sp³-hybridized carbons (Fsp3) is 0.475. The lowest BCUT2D eigenvalue weighted by Crippen LogP contribution is -2.60. The number of carbonyl (C=O) groups is 7. The van der Waals surface area contributed by atoms with Crippen molar-refractivity contribution in [2.45, 2.75) is 88.7 Å². The summed E-state index contributed by atoms with van der Waals surface area (Å²) in [4.78, 5) is 94.6. The molecule has 0 saturated heterocycles. The zero-order valence-electron chi connectivity index (χ0n) is 33.5. The summed E-state index contributed by atoms with van der Waals surface area (Å²) in [6, 6.07) is 7.05. The molecule has 59 heavy (non-hydrogen) atoms. The zero-order chi connectivity index (χ0) is 43.6. The second-order valence-corrected chi connectivity index (χ2v) is 15.5. The lowest BCUT2D eigenvalue weighted by molar-refractivity contribution is -0.143. The van der Waals surface area contributed by atoms with Crippen molar-refractivity contribution in [1.82, 2.24) is 36.9 Å². The second-order valence-electron chi connectivity index (χ2n) is 14.5. The smallest absolute Gasteiger partial charge is 0.328 e. The van der Waals surface area contributed by atoms with Crippen LogP contribution in [0.3, 0.4) is 0 Å². The van der Waals surface area contributed by atoms with Gasteiger partial charge in [0.25, 0.3) is 0 Å². The van der Waals surface area contributed by atoms with Crippen LogP contribution < -0.4 is 37.6 Å². The van der Waals surface area contributed by atoms with Gasteiger partial charge in [-0.15, -0.1) is 0 Å². The van der Waals surface area contributed by atoms with E-state index < -0.39 is 96.9 Å². The van der Waals surface area contributed by atoms with E-state index in [-0.39, 0.29) is 31.6 Å². The van der Waals surface area contributed by atoms with Crippen LogP contribution in [0.5, 0.6) is 0 Å². The van der Waals surface area contributed by atoms with Gasteiger partial charge >= 0.3 is 5.97 Å². The van der Waals surface area contributed by atoms with E-state index in [1.807, 2.05) is 44.4 Å². The van der Waals surface area contributed by atoms with E-state index >= 15 is 0 Å². The maximum atomic E-state index is 13.7. The molecule has 0 saturated carbocycles. The highest BCUT2D eigenvalue weighted by atomic mass is 32.2. The number of thioether (sulfide) groups is 1. The number of rotatable bonds is 24. The van der Waals surface area contributed by atoms with Crippen molar-refractivity contribution in [3.8, 4) is 0 Å². The van der Waals surface area contributed by atoms with Gasteiger partial charge in [0.15, 0.2) is 0 Å². The van der Waals surface area contributed by atoms with Crippen LogP contribution >= 0.6 is 11.8 Å². The number of amides is 6. The Bertz CT molecular complexity index is 1890. The van der Waals surface area contributed by atoms with Gasteiger partial charge in [0.1, 0.15) is 36.3 Å². The van der Waals surface area contributed by atoms with E-state index in [9.17, 15) is 48.9 Å². The van der Waals surface area contributed by atoms with Gasteiger partial charge in [-0.05, 0) is 61.3 Å². The van der Waals surface area contributed by atoms with Crippen LogP contribution in [-0.2, 0) is 46.4 Å². The van der Waals surface area contributed by atoms with Crippen LogP contribution in [-0.4, -0.2) is 129 Å². The van der Waals surface area contributed by atoms with Gasteiger partial charge in [0.05, 0.1) is 19.3 Å². The van der Waals surface area contributed by atoms with Crippen LogP contribution in [0.25, 0.3) is 10.9 Å². The van der Waals surface area contributed by atoms with E-state index in [2.05, 4.69) is 36.9 Å². The Labute approximate surface area is 346 Å². The van der Waals surface area contributed by atoms with Crippen molar-refractivity contribution < 1.29 is 48.9 Å². The number of fused-ring (bicyclic) bond motifs is 1. The fourth-order valence-corrected chi connectivity index (χ4v) is 6.52. The summed E-state index contributed by atoms with van der Waals surface area (Å²) in [6.45, 7) is 3.15. The predicted molar refractivity (Wildman–Crippen MR) is 222 cm³/mol. The number of aromatic amines is 1.